The third-order valence-electron chi connectivity index (χ3n) is 24.1. The Balaban J connectivity index is 0.000000166. The summed E-state index contributed by atoms with van der Waals surface area (Å²) in [5, 5.41) is 16.3. The van der Waals surface area contributed by atoms with Gasteiger partial charge >= 0.3 is 18.0 Å². The number of fused-ring (bicyclic) bond motifs is 6. The fraction of sp³-hybridized carbons (Fsp3) is 0.447. The topological polar surface area (TPSA) is 272 Å². The standard InChI is InChI=1S/C32H35FN6O4.C31H33ClFN7O3.C31H33F2N7O3.3H2S/c1-34-19-23-20-38(13-14-39(23)30(41)7-4-11-33)31-27-10-12-37(29-18-24(40)17-22-5-2-3-6-26(22)29)21-28(27)35-32(36-31)43-16-15-42-25-8-9-25;1-34-17-22-19-39(12-13-40(22)28(41)6-3-10-33)30-24-9-11-38(27-18-35-16-21-4-2-5-25(32)29(21)27)20-26(24)36-31(37-30)43-15-14-42-23-7-8-23;1-34-17-22-19-39(12-13-40(22)28(41)6-3-10-32)30-24-9-11-38(27-18-35-16-21-4-2-5-25(33)29(21)27)20-26(24)36-31(37-30)43-15-14-42-23-7-8-23;;;/h2-7,17-18,23,25,40H,8-16,19-21H2;2*2-6,16,18,22-23H,7-15,17,19-20H2;3*1H2/b7-4+;2*6-3+;;;/t23-;2*22-;;;/m000.../s1. The second kappa shape index (κ2) is 46.6. The lowest BCUT2D eigenvalue weighted by Gasteiger charge is -2.41. The highest BCUT2D eigenvalue weighted by Gasteiger charge is 2.40. The number of benzene rings is 4. The van der Waals surface area contributed by atoms with Crippen molar-refractivity contribution in [1.29, 1.82) is 0 Å². The fourth-order valence-corrected chi connectivity index (χ4v) is 17.7. The lowest BCUT2D eigenvalue weighted by atomic mass is 10.0. The number of hydrogen-bond acceptors (Lipinski definition) is 24. The zero-order valence-corrected chi connectivity index (χ0v) is 76.8. The van der Waals surface area contributed by atoms with Crippen molar-refractivity contribution in [1.82, 2.24) is 54.6 Å². The normalized spacial score (nSPS) is 18.2. The van der Waals surface area contributed by atoms with Crippen LogP contribution in [0.1, 0.15) is 72.3 Å². The number of ether oxygens (including phenoxy) is 6. The summed E-state index contributed by atoms with van der Waals surface area (Å²) < 4.78 is 88.2. The van der Waals surface area contributed by atoms with Gasteiger partial charge in [-0.05, 0) is 99.6 Å². The largest absolute Gasteiger partial charge is 0.508 e. The number of carbonyl (C=O) groups is 3. The third kappa shape index (κ3) is 24.0. The summed E-state index contributed by atoms with van der Waals surface area (Å²) >= 11 is 6.64. The molecule has 11 heterocycles. The molecule has 0 radical (unpaired) electrons. The molecule has 0 unspecified atom stereocenters. The molecule has 6 aliphatic heterocycles. The number of piperazine rings is 3. The van der Waals surface area contributed by atoms with Gasteiger partial charge in [0.1, 0.15) is 87.0 Å². The van der Waals surface area contributed by atoms with Gasteiger partial charge in [-0.2, -0.15) is 70.4 Å². The summed E-state index contributed by atoms with van der Waals surface area (Å²) in [6.45, 7) is 30.4. The second-order valence-corrected chi connectivity index (χ2v) is 33.2. The van der Waals surface area contributed by atoms with Crippen molar-refractivity contribution in [3.8, 4) is 23.8 Å². The van der Waals surface area contributed by atoms with E-state index in [0.29, 0.717) is 197 Å². The first-order chi connectivity index (χ1) is 63.1. The van der Waals surface area contributed by atoms with Crippen LogP contribution in [0.4, 0.5) is 52.1 Å². The zero-order valence-electron chi connectivity index (χ0n) is 73.1. The Morgan fingerprint density at radius 1 is 0.439 bits per heavy atom. The van der Waals surface area contributed by atoms with E-state index >= 15 is 0 Å². The maximum absolute atomic E-state index is 15.0. The first-order valence-electron chi connectivity index (χ1n) is 43.9. The maximum Gasteiger partial charge on any atom is 0.318 e. The number of pyridine rings is 2. The van der Waals surface area contributed by atoms with Gasteiger partial charge in [0.25, 0.3) is 0 Å². The Labute approximate surface area is 789 Å². The predicted octanol–water partition coefficient (Wildman–Crippen LogP) is 12.3. The van der Waals surface area contributed by atoms with Gasteiger partial charge in [0.15, 0.2) is 0 Å². The average Bonchev–Trinajstić information content (AvgIpc) is 1.18. The van der Waals surface area contributed by atoms with Crippen molar-refractivity contribution in [2.45, 2.75) is 114 Å². The van der Waals surface area contributed by atoms with Crippen LogP contribution in [-0.2, 0) is 67.5 Å². The van der Waals surface area contributed by atoms with Crippen molar-refractivity contribution in [3.05, 3.63) is 213 Å². The van der Waals surface area contributed by atoms with Crippen LogP contribution < -0.4 is 43.6 Å². The van der Waals surface area contributed by atoms with E-state index in [9.17, 15) is 37.1 Å². The summed E-state index contributed by atoms with van der Waals surface area (Å²) in [6.07, 6.45) is 23.7. The van der Waals surface area contributed by atoms with Crippen molar-refractivity contribution < 1.29 is 65.5 Å². The number of allylic oxidation sites excluding steroid dienone is 3. The van der Waals surface area contributed by atoms with Crippen molar-refractivity contribution in [2.75, 3.05) is 187 Å². The molecule has 1 N–H and O–H groups in total. The van der Waals surface area contributed by atoms with Crippen molar-refractivity contribution >= 4 is 137 Å². The number of amides is 3. The van der Waals surface area contributed by atoms with Crippen molar-refractivity contribution in [2.24, 2.45) is 0 Å². The molecule has 0 bridgehead atoms. The van der Waals surface area contributed by atoms with E-state index in [0.717, 1.165) is 122 Å². The van der Waals surface area contributed by atoms with Gasteiger partial charge < -0.3 is 92.2 Å². The molecule has 6 fully saturated rings. The van der Waals surface area contributed by atoms with Crippen LogP contribution in [0, 0.1) is 25.5 Å². The Kier molecular flexibility index (Phi) is 34.5. The molecular weight excluding hydrogens is 1780 g/mol. The number of halogens is 5. The number of anilines is 6. The summed E-state index contributed by atoms with van der Waals surface area (Å²) in [7, 11) is 0. The molecule has 4 aromatic carbocycles. The predicted molar refractivity (Wildman–Crippen MR) is 512 cm³/mol. The molecule has 3 amide bonds. The van der Waals surface area contributed by atoms with Gasteiger partial charge in [-0.25, -0.2) is 37.3 Å². The van der Waals surface area contributed by atoms with Gasteiger partial charge in [0.2, 0.25) is 37.4 Å². The number of hydrogen-bond donors (Lipinski definition) is 1. The highest BCUT2D eigenvalue weighted by molar-refractivity contribution is 7.59. The minimum absolute atomic E-state index is 0. The molecule has 3 atom stereocenters. The molecule has 9 aliphatic rings. The number of phenols is 1. The molecular formula is C94H107ClF4N20O10S3. The van der Waals surface area contributed by atoms with Gasteiger partial charge in [-0.1, -0.05) is 60.1 Å². The zero-order chi connectivity index (χ0) is 89.3. The molecule has 9 aromatic rings. The minimum atomic E-state index is -0.723. The first-order valence-corrected chi connectivity index (χ1v) is 44.3. The van der Waals surface area contributed by atoms with Crippen LogP contribution in [0.15, 0.2) is 134 Å². The Morgan fingerprint density at radius 2 is 0.811 bits per heavy atom. The number of carbonyl (C=O) groups excluding carboxylic acids is 3. The number of aromatic hydroxyl groups is 1. The number of rotatable bonds is 30. The van der Waals surface area contributed by atoms with Crippen molar-refractivity contribution in [3.63, 3.8) is 0 Å². The van der Waals surface area contributed by atoms with E-state index in [-0.39, 0.29) is 126 Å². The molecule has 3 aliphatic carbocycles. The van der Waals surface area contributed by atoms with E-state index in [1.165, 1.54) is 42.5 Å². The highest BCUT2D eigenvalue weighted by atomic mass is 35.5. The first kappa shape index (κ1) is 97.8. The number of alkyl halides is 3. The highest BCUT2D eigenvalue weighted by Crippen LogP contribution is 2.42. The molecule has 38 heteroatoms. The Bertz CT molecular complexity index is 5350. The minimum Gasteiger partial charge on any atom is -0.508 e. The molecule has 132 heavy (non-hydrogen) atoms. The van der Waals surface area contributed by atoms with Crippen LogP contribution in [0.2, 0.25) is 5.02 Å². The lowest BCUT2D eigenvalue weighted by Crippen LogP contribution is -2.56. The smallest absolute Gasteiger partial charge is 0.318 e. The van der Waals surface area contributed by atoms with E-state index < -0.39 is 20.0 Å². The summed E-state index contributed by atoms with van der Waals surface area (Å²) in [4.78, 5) is 105. The van der Waals surface area contributed by atoms with Crippen LogP contribution in [-0.4, -0.2) is 272 Å². The van der Waals surface area contributed by atoms with Crippen LogP contribution in [0.25, 0.3) is 46.9 Å². The average molecular weight is 1880 g/mol. The molecule has 0 spiro atoms. The SMILES string of the molecule is S.S.S.[C-]#[N+]C[C@H]1CN(c2nc(OCCOC3CC3)nc3c2CCN(c2cc(O)cc4ccccc24)C3)CCN1C(=O)/C=C/CF.[C-]#[N+]C[C@H]1CN(c2nc(OCCOC3CC3)nc3c2CCN(c2cncc4cccc(Cl)c24)C3)CCN1C(=O)/C=C/CF.[C-]#[N+]C[C@H]1CN(c2nc(OCCOC3CC3)nc3c2CCN(c2cncc4cccc(F)c24)C3)CCN1C(=O)/C=C/CF. The summed E-state index contributed by atoms with van der Waals surface area (Å²) in [5.41, 5.74) is 8.05. The molecule has 696 valence electrons. The number of nitrogens with zero attached hydrogens (tertiary/aromatic N) is 20. The Hall–Kier alpha value is -11.8. The van der Waals surface area contributed by atoms with Crippen LogP contribution >= 0.6 is 52.1 Å². The monoisotopic (exact) mass is 1880 g/mol. The summed E-state index contributed by atoms with van der Waals surface area (Å²) in [6, 6.07) is 22.0. The number of phenolic OH excluding ortho intramolecular Hbond substituents is 1. The summed E-state index contributed by atoms with van der Waals surface area (Å²) in [5.74, 6) is 1.26. The molecule has 3 saturated carbocycles. The fourth-order valence-electron chi connectivity index (χ4n) is 17.4. The molecule has 30 nitrogen and oxygen atoms in total. The van der Waals surface area contributed by atoms with E-state index in [1.807, 2.05) is 54.9 Å². The van der Waals surface area contributed by atoms with Gasteiger partial charge in [-0.3, -0.25) is 24.4 Å². The lowest BCUT2D eigenvalue weighted by molar-refractivity contribution is -0.129. The third-order valence-corrected chi connectivity index (χ3v) is 24.4. The Morgan fingerprint density at radius 3 is 1.20 bits per heavy atom. The number of aromatic nitrogens is 8. The van der Waals surface area contributed by atoms with E-state index in [1.54, 1.807) is 45.3 Å². The molecule has 5 aromatic heterocycles. The van der Waals surface area contributed by atoms with E-state index in [4.69, 9.17) is 89.6 Å². The van der Waals surface area contributed by atoms with E-state index in [2.05, 4.69) is 60.0 Å². The van der Waals surface area contributed by atoms with Gasteiger partial charge in [0, 0.05) is 165 Å². The maximum atomic E-state index is 15.0. The van der Waals surface area contributed by atoms with Gasteiger partial charge in [0.05, 0.1) is 104 Å². The van der Waals surface area contributed by atoms with Crippen LogP contribution in [0.3, 0.4) is 0 Å². The quantitative estimate of drug-likeness (QED) is 0.0190. The van der Waals surface area contributed by atoms with Gasteiger partial charge in [-0.15, -0.1) is 0 Å². The molecule has 3 saturated heterocycles. The van der Waals surface area contributed by atoms with Crippen LogP contribution in [0.5, 0.6) is 23.8 Å². The second-order valence-electron chi connectivity index (χ2n) is 32.8. The molecule has 18 rings (SSSR count).